The van der Waals surface area contributed by atoms with E-state index in [1.807, 2.05) is 0 Å². The van der Waals surface area contributed by atoms with Crippen molar-refractivity contribution in [3.05, 3.63) is 0 Å². The predicted octanol–water partition coefficient (Wildman–Crippen LogP) is -0.983. The second-order valence-corrected chi connectivity index (χ2v) is 1.91. The Kier molecular flexibility index (Phi) is 4.23. The van der Waals surface area contributed by atoms with Gasteiger partial charge in [0.05, 0.1) is 6.10 Å². The van der Waals surface area contributed by atoms with Crippen LogP contribution in [0.2, 0.25) is 0 Å². The molecule has 0 amide bonds. The van der Waals surface area contributed by atoms with E-state index in [-0.39, 0.29) is 5.96 Å². The van der Waals surface area contributed by atoms with Gasteiger partial charge in [-0.05, 0) is 6.92 Å². The van der Waals surface area contributed by atoms with E-state index < -0.39 is 6.10 Å². The van der Waals surface area contributed by atoms with Crippen LogP contribution in [0.4, 0.5) is 0 Å². The van der Waals surface area contributed by atoms with Crippen LogP contribution in [-0.2, 0) is 0 Å². The molecule has 0 aliphatic carbocycles. The number of aliphatic hydroxyl groups is 1. The topological polar surface area (TPSA) is 97.0 Å². The van der Waals surface area contributed by atoms with E-state index in [1.54, 1.807) is 6.92 Å². The van der Waals surface area contributed by atoms with E-state index in [1.165, 1.54) is 6.21 Å². The SMILES string of the molecule is CC(O)C/C=N/N=C(N)N. The van der Waals surface area contributed by atoms with Gasteiger partial charge in [0.15, 0.2) is 0 Å². The number of nitrogens with two attached hydrogens (primary N) is 2. The molecule has 0 aliphatic rings. The molecule has 0 rings (SSSR count). The highest BCUT2D eigenvalue weighted by Gasteiger charge is 1.88. The average molecular weight is 144 g/mol. The van der Waals surface area contributed by atoms with E-state index in [4.69, 9.17) is 16.6 Å². The highest BCUT2D eigenvalue weighted by atomic mass is 16.3. The second-order valence-electron chi connectivity index (χ2n) is 1.91. The molecular formula is C5H12N4O. The maximum Gasteiger partial charge on any atom is 0.211 e. The molecule has 5 heteroatoms. The Bertz CT molecular complexity index is 137. The quantitative estimate of drug-likeness (QED) is 0.269. The summed E-state index contributed by atoms with van der Waals surface area (Å²) >= 11 is 0. The van der Waals surface area contributed by atoms with Gasteiger partial charge < -0.3 is 16.6 Å². The summed E-state index contributed by atoms with van der Waals surface area (Å²) in [5.41, 5.74) is 9.92. The summed E-state index contributed by atoms with van der Waals surface area (Å²) in [6.45, 7) is 1.65. The number of guanidine groups is 1. The molecule has 58 valence electrons. The molecule has 0 bridgehead atoms. The van der Waals surface area contributed by atoms with Crippen molar-refractivity contribution in [1.82, 2.24) is 0 Å². The first kappa shape index (κ1) is 8.90. The Hall–Kier alpha value is -1.10. The maximum absolute atomic E-state index is 8.72. The molecule has 5 N–H and O–H groups in total. The van der Waals surface area contributed by atoms with Crippen LogP contribution in [-0.4, -0.2) is 23.4 Å². The van der Waals surface area contributed by atoms with Crippen LogP contribution in [0.25, 0.3) is 0 Å². The smallest absolute Gasteiger partial charge is 0.211 e. The first-order valence-corrected chi connectivity index (χ1v) is 2.91. The summed E-state index contributed by atoms with van der Waals surface area (Å²) in [7, 11) is 0. The number of aliphatic hydroxyl groups excluding tert-OH is 1. The van der Waals surface area contributed by atoms with Gasteiger partial charge in [-0.1, -0.05) is 0 Å². The third-order valence-electron chi connectivity index (χ3n) is 0.701. The monoisotopic (exact) mass is 144 g/mol. The van der Waals surface area contributed by atoms with E-state index in [0.717, 1.165) is 0 Å². The minimum Gasteiger partial charge on any atom is -0.393 e. The number of nitrogens with zero attached hydrogens (tertiary/aromatic N) is 2. The lowest BCUT2D eigenvalue weighted by Gasteiger charge is -1.93. The van der Waals surface area contributed by atoms with Crippen molar-refractivity contribution < 1.29 is 5.11 Å². The lowest BCUT2D eigenvalue weighted by atomic mass is 10.3. The van der Waals surface area contributed by atoms with Crippen LogP contribution in [0.15, 0.2) is 10.2 Å². The molecule has 0 heterocycles. The maximum atomic E-state index is 8.72. The third kappa shape index (κ3) is 6.90. The normalized spacial score (nSPS) is 13.4. The van der Waals surface area contributed by atoms with Gasteiger partial charge in [0, 0.05) is 12.6 Å². The zero-order valence-corrected chi connectivity index (χ0v) is 5.86. The second kappa shape index (κ2) is 4.75. The number of rotatable bonds is 3. The highest BCUT2D eigenvalue weighted by molar-refractivity contribution is 5.76. The minimum atomic E-state index is -0.405. The summed E-state index contributed by atoms with van der Waals surface area (Å²) in [5.74, 6) is -0.0816. The van der Waals surface area contributed by atoms with Gasteiger partial charge in [-0.25, -0.2) is 0 Å². The fourth-order valence-corrected chi connectivity index (χ4v) is 0.307. The minimum absolute atomic E-state index is 0.0816. The Morgan fingerprint density at radius 1 is 1.70 bits per heavy atom. The van der Waals surface area contributed by atoms with E-state index in [2.05, 4.69) is 10.2 Å². The van der Waals surface area contributed by atoms with Crippen molar-refractivity contribution >= 4 is 12.2 Å². The Balaban J connectivity index is 3.48. The Morgan fingerprint density at radius 3 is 2.70 bits per heavy atom. The van der Waals surface area contributed by atoms with Crippen molar-refractivity contribution in [1.29, 1.82) is 0 Å². The van der Waals surface area contributed by atoms with Gasteiger partial charge in [-0.2, -0.15) is 5.10 Å². The van der Waals surface area contributed by atoms with E-state index >= 15 is 0 Å². The first-order valence-electron chi connectivity index (χ1n) is 2.91. The molecule has 10 heavy (non-hydrogen) atoms. The molecule has 0 spiro atoms. The van der Waals surface area contributed by atoms with Crippen LogP contribution in [0.5, 0.6) is 0 Å². The number of hydrogen-bond donors (Lipinski definition) is 3. The van der Waals surface area contributed by atoms with Crippen molar-refractivity contribution in [2.45, 2.75) is 19.4 Å². The predicted molar refractivity (Wildman–Crippen MR) is 40.6 cm³/mol. The Labute approximate surface area is 59.4 Å². The standard InChI is InChI=1S/C5H12N4O/c1-4(10)2-3-8-9-5(6)7/h3-4,10H,2H2,1H3,(H4,6,7,9)/b8-3+. The van der Waals surface area contributed by atoms with Crippen LogP contribution in [0.3, 0.4) is 0 Å². The summed E-state index contributed by atoms with van der Waals surface area (Å²) in [5, 5.41) is 15.5. The van der Waals surface area contributed by atoms with E-state index in [0.29, 0.717) is 6.42 Å². The van der Waals surface area contributed by atoms with Gasteiger partial charge in [-0.3, -0.25) is 0 Å². The van der Waals surface area contributed by atoms with Crippen molar-refractivity contribution in [3.63, 3.8) is 0 Å². The highest BCUT2D eigenvalue weighted by Crippen LogP contribution is 1.83. The molecule has 0 aromatic heterocycles. The van der Waals surface area contributed by atoms with Gasteiger partial charge >= 0.3 is 0 Å². The van der Waals surface area contributed by atoms with Crippen molar-refractivity contribution in [3.8, 4) is 0 Å². The fraction of sp³-hybridized carbons (Fsp3) is 0.600. The molecule has 0 saturated carbocycles. The summed E-state index contributed by atoms with van der Waals surface area (Å²) < 4.78 is 0. The largest absolute Gasteiger partial charge is 0.393 e. The fourth-order valence-electron chi connectivity index (χ4n) is 0.307. The molecule has 0 fully saturated rings. The van der Waals surface area contributed by atoms with Gasteiger partial charge in [-0.15, -0.1) is 5.10 Å². The zero-order chi connectivity index (χ0) is 7.98. The summed E-state index contributed by atoms with van der Waals surface area (Å²) in [4.78, 5) is 0. The molecule has 0 aliphatic heterocycles. The molecule has 0 saturated heterocycles. The molecule has 1 unspecified atom stereocenters. The van der Waals surface area contributed by atoms with E-state index in [9.17, 15) is 0 Å². The van der Waals surface area contributed by atoms with Crippen LogP contribution in [0.1, 0.15) is 13.3 Å². The van der Waals surface area contributed by atoms with Crippen molar-refractivity contribution in [2.24, 2.45) is 21.7 Å². The third-order valence-corrected chi connectivity index (χ3v) is 0.701. The van der Waals surface area contributed by atoms with Gasteiger partial charge in [0.25, 0.3) is 0 Å². The lowest BCUT2D eigenvalue weighted by molar-refractivity contribution is 0.204. The molecule has 5 nitrogen and oxygen atoms in total. The Morgan fingerprint density at radius 2 is 2.30 bits per heavy atom. The van der Waals surface area contributed by atoms with Crippen molar-refractivity contribution in [2.75, 3.05) is 0 Å². The molecule has 0 radical (unpaired) electrons. The first-order chi connectivity index (χ1) is 4.63. The van der Waals surface area contributed by atoms with Crippen LogP contribution < -0.4 is 11.5 Å². The summed E-state index contributed by atoms with van der Waals surface area (Å²) in [6, 6.07) is 0. The number of hydrogen-bond acceptors (Lipinski definition) is 3. The zero-order valence-electron chi connectivity index (χ0n) is 5.86. The molecule has 0 aromatic rings. The molecular weight excluding hydrogens is 132 g/mol. The van der Waals surface area contributed by atoms with Crippen LogP contribution >= 0.6 is 0 Å². The van der Waals surface area contributed by atoms with Crippen LogP contribution in [0, 0.1) is 0 Å². The van der Waals surface area contributed by atoms with Gasteiger partial charge in [0.2, 0.25) is 5.96 Å². The lowest BCUT2D eigenvalue weighted by Crippen LogP contribution is -2.21. The average Bonchev–Trinajstić information content (AvgIpc) is 1.79. The van der Waals surface area contributed by atoms with Gasteiger partial charge in [0.1, 0.15) is 0 Å². The molecule has 1 atom stereocenters. The molecule has 0 aromatic carbocycles. The summed E-state index contributed by atoms with van der Waals surface area (Å²) in [6.07, 6.45) is 1.50.